The minimum absolute atomic E-state index is 0.197. The second-order valence-electron chi connectivity index (χ2n) is 4.68. The Kier molecular flexibility index (Phi) is 7.25. The number of ether oxygens (including phenoxy) is 1. The molecule has 0 bridgehead atoms. The van der Waals surface area contributed by atoms with E-state index in [0.29, 0.717) is 13.1 Å². The molecule has 0 saturated carbocycles. The number of nitrogens with zero attached hydrogens (tertiary/aromatic N) is 1. The van der Waals surface area contributed by atoms with Crippen LogP contribution in [0.25, 0.3) is 0 Å². The van der Waals surface area contributed by atoms with Gasteiger partial charge < -0.3 is 15.4 Å². The molecule has 0 aromatic heterocycles. The third kappa shape index (κ3) is 6.27. The average Bonchev–Trinajstić information content (AvgIpc) is 2.43. The lowest BCUT2D eigenvalue weighted by Gasteiger charge is -2.11. The SMILES string of the molecule is C=CCNC(=NCc1ccc(OC(C)C)cc1)NCC. The maximum atomic E-state index is 5.61. The molecule has 4 nitrogen and oxygen atoms in total. The molecule has 20 heavy (non-hydrogen) atoms. The zero-order valence-corrected chi connectivity index (χ0v) is 12.6. The summed E-state index contributed by atoms with van der Waals surface area (Å²) in [6, 6.07) is 8.04. The van der Waals surface area contributed by atoms with Crippen LogP contribution in [-0.4, -0.2) is 25.2 Å². The van der Waals surface area contributed by atoms with E-state index in [0.717, 1.165) is 23.8 Å². The first-order valence-electron chi connectivity index (χ1n) is 7.04. The molecule has 0 aliphatic carbocycles. The first-order valence-corrected chi connectivity index (χ1v) is 7.04. The fraction of sp³-hybridized carbons (Fsp3) is 0.438. The summed E-state index contributed by atoms with van der Waals surface area (Å²) in [5.74, 6) is 1.69. The Morgan fingerprint density at radius 2 is 2.00 bits per heavy atom. The highest BCUT2D eigenvalue weighted by Crippen LogP contribution is 2.14. The summed E-state index contributed by atoms with van der Waals surface area (Å²) >= 11 is 0. The minimum atomic E-state index is 0.197. The van der Waals surface area contributed by atoms with Crippen LogP contribution in [0.1, 0.15) is 26.3 Å². The van der Waals surface area contributed by atoms with Crippen molar-refractivity contribution in [2.45, 2.75) is 33.4 Å². The van der Waals surface area contributed by atoms with Crippen molar-refractivity contribution in [3.63, 3.8) is 0 Å². The van der Waals surface area contributed by atoms with Crippen LogP contribution in [0.2, 0.25) is 0 Å². The van der Waals surface area contributed by atoms with Crippen molar-refractivity contribution in [2.24, 2.45) is 4.99 Å². The van der Waals surface area contributed by atoms with Gasteiger partial charge in [-0.1, -0.05) is 18.2 Å². The van der Waals surface area contributed by atoms with Gasteiger partial charge in [-0.05, 0) is 38.5 Å². The lowest BCUT2D eigenvalue weighted by atomic mass is 10.2. The van der Waals surface area contributed by atoms with Gasteiger partial charge in [-0.2, -0.15) is 0 Å². The number of benzene rings is 1. The van der Waals surface area contributed by atoms with Crippen LogP contribution >= 0.6 is 0 Å². The summed E-state index contributed by atoms with van der Waals surface area (Å²) in [6.07, 6.45) is 2.01. The van der Waals surface area contributed by atoms with E-state index in [1.54, 1.807) is 0 Å². The number of hydrogen-bond donors (Lipinski definition) is 2. The lowest BCUT2D eigenvalue weighted by Crippen LogP contribution is -2.37. The van der Waals surface area contributed by atoms with E-state index < -0.39 is 0 Å². The topological polar surface area (TPSA) is 45.7 Å². The van der Waals surface area contributed by atoms with Gasteiger partial charge in [0, 0.05) is 13.1 Å². The number of nitrogens with one attached hydrogen (secondary N) is 2. The third-order valence-corrected chi connectivity index (χ3v) is 2.47. The Morgan fingerprint density at radius 1 is 1.30 bits per heavy atom. The molecule has 1 aromatic carbocycles. The van der Waals surface area contributed by atoms with E-state index in [-0.39, 0.29) is 6.10 Å². The molecule has 110 valence electrons. The first kappa shape index (κ1) is 16.1. The highest BCUT2D eigenvalue weighted by atomic mass is 16.5. The molecule has 2 N–H and O–H groups in total. The Morgan fingerprint density at radius 3 is 2.55 bits per heavy atom. The van der Waals surface area contributed by atoms with Gasteiger partial charge in [0.15, 0.2) is 5.96 Å². The highest BCUT2D eigenvalue weighted by molar-refractivity contribution is 5.79. The van der Waals surface area contributed by atoms with Gasteiger partial charge in [-0.25, -0.2) is 4.99 Å². The molecule has 4 heteroatoms. The maximum absolute atomic E-state index is 5.61. The first-order chi connectivity index (χ1) is 9.65. The van der Waals surface area contributed by atoms with Gasteiger partial charge in [-0.3, -0.25) is 0 Å². The molecule has 0 fully saturated rings. The maximum Gasteiger partial charge on any atom is 0.191 e. The van der Waals surface area contributed by atoms with E-state index in [9.17, 15) is 0 Å². The standard InChI is InChI=1S/C16H25N3O/c1-5-11-18-16(17-6-2)19-12-14-7-9-15(10-8-14)20-13(3)4/h5,7-10,13H,1,6,11-12H2,2-4H3,(H2,17,18,19). The molecule has 0 saturated heterocycles. The van der Waals surface area contributed by atoms with E-state index in [2.05, 4.69) is 22.2 Å². The van der Waals surface area contributed by atoms with Gasteiger partial charge in [0.05, 0.1) is 12.6 Å². The summed E-state index contributed by atoms with van der Waals surface area (Å²) in [6.45, 7) is 11.9. The van der Waals surface area contributed by atoms with Gasteiger partial charge in [-0.15, -0.1) is 6.58 Å². The molecule has 0 radical (unpaired) electrons. The second-order valence-corrected chi connectivity index (χ2v) is 4.68. The largest absolute Gasteiger partial charge is 0.491 e. The molecule has 0 spiro atoms. The Labute approximate surface area is 121 Å². The van der Waals surface area contributed by atoms with Crippen molar-refractivity contribution in [1.82, 2.24) is 10.6 Å². The zero-order valence-electron chi connectivity index (χ0n) is 12.6. The molecular formula is C16H25N3O. The Bertz CT molecular complexity index is 424. The summed E-state index contributed by atoms with van der Waals surface area (Å²) in [5, 5.41) is 6.37. The highest BCUT2D eigenvalue weighted by Gasteiger charge is 1.99. The van der Waals surface area contributed by atoms with E-state index in [1.807, 2.05) is 51.1 Å². The summed E-state index contributed by atoms with van der Waals surface area (Å²) in [4.78, 5) is 4.52. The second kappa shape index (κ2) is 9.02. The lowest BCUT2D eigenvalue weighted by molar-refractivity contribution is 0.242. The van der Waals surface area contributed by atoms with Crippen LogP contribution < -0.4 is 15.4 Å². The van der Waals surface area contributed by atoms with Crippen LogP contribution in [-0.2, 0) is 6.54 Å². The van der Waals surface area contributed by atoms with Crippen LogP contribution in [0.4, 0.5) is 0 Å². The van der Waals surface area contributed by atoms with Crippen LogP contribution in [0, 0.1) is 0 Å². The fourth-order valence-corrected chi connectivity index (χ4v) is 1.63. The number of guanidine groups is 1. The molecule has 0 heterocycles. The summed E-state index contributed by atoms with van der Waals surface area (Å²) in [5.41, 5.74) is 1.15. The van der Waals surface area contributed by atoms with Crippen molar-refractivity contribution in [2.75, 3.05) is 13.1 Å². The minimum Gasteiger partial charge on any atom is -0.491 e. The van der Waals surface area contributed by atoms with E-state index >= 15 is 0 Å². The molecule has 1 rings (SSSR count). The van der Waals surface area contributed by atoms with Crippen LogP contribution in [0.5, 0.6) is 5.75 Å². The fourth-order valence-electron chi connectivity index (χ4n) is 1.63. The molecule has 0 unspecified atom stereocenters. The third-order valence-electron chi connectivity index (χ3n) is 2.47. The Hall–Kier alpha value is -1.97. The molecule has 0 atom stereocenters. The molecular weight excluding hydrogens is 250 g/mol. The van der Waals surface area contributed by atoms with Crippen molar-refractivity contribution >= 4 is 5.96 Å². The molecule has 0 aliphatic heterocycles. The van der Waals surface area contributed by atoms with Crippen molar-refractivity contribution in [3.05, 3.63) is 42.5 Å². The van der Waals surface area contributed by atoms with Crippen LogP contribution in [0.3, 0.4) is 0 Å². The van der Waals surface area contributed by atoms with Crippen molar-refractivity contribution in [1.29, 1.82) is 0 Å². The predicted octanol–water partition coefficient (Wildman–Crippen LogP) is 2.71. The average molecular weight is 275 g/mol. The quantitative estimate of drug-likeness (QED) is 0.457. The van der Waals surface area contributed by atoms with Gasteiger partial charge in [0.2, 0.25) is 0 Å². The van der Waals surface area contributed by atoms with Crippen molar-refractivity contribution < 1.29 is 4.74 Å². The number of aliphatic imine (C=N–C) groups is 1. The summed E-state index contributed by atoms with van der Waals surface area (Å²) in [7, 11) is 0. The predicted molar refractivity (Wildman–Crippen MR) is 85.2 cm³/mol. The molecule has 0 aliphatic rings. The van der Waals surface area contributed by atoms with E-state index in [4.69, 9.17) is 4.74 Å². The summed E-state index contributed by atoms with van der Waals surface area (Å²) < 4.78 is 5.61. The Balaban J connectivity index is 2.59. The normalized spacial score (nSPS) is 11.3. The smallest absolute Gasteiger partial charge is 0.191 e. The van der Waals surface area contributed by atoms with Gasteiger partial charge in [0.1, 0.15) is 5.75 Å². The monoisotopic (exact) mass is 275 g/mol. The molecule has 1 aromatic rings. The van der Waals surface area contributed by atoms with Crippen molar-refractivity contribution in [3.8, 4) is 5.75 Å². The van der Waals surface area contributed by atoms with Gasteiger partial charge >= 0.3 is 0 Å². The molecule has 0 amide bonds. The zero-order chi connectivity index (χ0) is 14.8. The van der Waals surface area contributed by atoms with E-state index in [1.165, 1.54) is 0 Å². The number of rotatable bonds is 7. The van der Waals surface area contributed by atoms with Gasteiger partial charge in [0.25, 0.3) is 0 Å². The van der Waals surface area contributed by atoms with Crippen LogP contribution in [0.15, 0.2) is 41.9 Å². The number of hydrogen-bond acceptors (Lipinski definition) is 2.